The Hall–Kier alpha value is -2.33. The van der Waals surface area contributed by atoms with E-state index in [0.717, 1.165) is 19.3 Å². The standard InChI is InChI=1S/C22H23NO3/c24-20-10-9-14-11-12-23(21(14)20)22(25)26-13-19-17-7-3-1-5-15(17)16-6-2-4-8-18(16)19/h1-8,14,19-21,24H,9-13H2/t14-,20-,21+/m1/s1. The zero-order chi connectivity index (χ0) is 17.7. The normalized spacial score (nSPS) is 26.5. The van der Waals surface area contributed by atoms with Crippen molar-refractivity contribution in [2.24, 2.45) is 5.92 Å². The van der Waals surface area contributed by atoms with Gasteiger partial charge in [0.05, 0.1) is 12.1 Å². The Morgan fingerprint density at radius 1 is 1.00 bits per heavy atom. The zero-order valence-corrected chi connectivity index (χ0v) is 14.7. The van der Waals surface area contributed by atoms with Crippen molar-refractivity contribution in [3.8, 4) is 11.1 Å². The predicted octanol–water partition coefficient (Wildman–Crippen LogP) is 3.78. The third-order valence-electron chi connectivity index (χ3n) is 6.38. The number of carbonyl (C=O) groups is 1. The van der Waals surface area contributed by atoms with Crippen LogP contribution in [0.4, 0.5) is 4.79 Å². The largest absolute Gasteiger partial charge is 0.448 e. The number of aliphatic hydroxyl groups excluding tert-OH is 1. The maximum Gasteiger partial charge on any atom is 0.410 e. The Labute approximate surface area is 153 Å². The summed E-state index contributed by atoms with van der Waals surface area (Å²) < 4.78 is 5.76. The predicted molar refractivity (Wildman–Crippen MR) is 98.9 cm³/mol. The van der Waals surface area contributed by atoms with Crippen molar-refractivity contribution in [3.63, 3.8) is 0 Å². The quantitative estimate of drug-likeness (QED) is 0.898. The summed E-state index contributed by atoms with van der Waals surface area (Å²) in [6, 6.07) is 16.7. The fourth-order valence-electron chi connectivity index (χ4n) is 5.16. The summed E-state index contributed by atoms with van der Waals surface area (Å²) in [5.74, 6) is 0.517. The number of nitrogens with zero attached hydrogens (tertiary/aromatic N) is 1. The van der Waals surface area contributed by atoms with Gasteiger partial charge < -0.3 is 14.7 Å². The second-order valence-corrected chi connectivity index (χ2v) is 7.68. The lowest BCUT2D eigenvalue weighted by molar-refractivity contribution is 0.0563. The minimum Gasteiger partial charge on any atom is -0.448 e. The van der Waals surface area contributed by atoms with Crippen LogP contribution in [0.25, 0.3) is 11.1 Å². The van der Waals surface area contributed by atoms with Gasteiger partial charge in [-0.1, -0.05) is 48.5 Å². The average molecular weight is 349 g/mol. The molecule has 0 spiro atoms. The second kappa shape index (κ2) is 6.13. The van der Waals surface area contributed by atoms with E-state index in [1.807, 2.05) is 12.1 Å². The highest BCUT2D eigenvalue weighted by molar-refractivity contribution is 5.79. The van der Waals surface area contributed by atoms with Crippen LogP contribution >= 0.6 is 0 Å². The van der Waals surface area contributed by atoms with E-state index < -0.39 is 6.10 Å². The van der Waals surface area contributed by atoms with Crippen LogP contribution in [0.3, 0.4) is 0 Å². The second-order valence-electron chi connectivity index (χ2n) is 7.68. The third-order valence-corrected chi connectivity index (χ3v) is 6.38. The van der Waals surface area contributed by atoms with E-state index in [-0.39, 0.29) is 18.1 Å². The number of amides is 1. The van der Waals surface area contributed by atoms with Crippen LogP contribution in [0.15, 0.2) is 48.5 Å². The molecule has 2 fully saturated rings. The van der Waals surface area contributed by atoms with Crippen LogP contribution in [0, 0.1) is 5.92 Å². The number of rotatable bonds is 2. The molecule has 1 saturated heterocycles. The lowest BCUT2D eigenvalue weighted by atomic mass is 9.98. The number of hydrogen-bond acceptors (Lipinski definition) is 3. The summed E-state index contributed by atoms with van der Waals surface area (Å²) in [7, 11) is 0. The van der Waals surface area contributed by atoms with E-state index in [1.165, 1.54) is 22.3 Å². The van der Waals surface area contributed by atoms with Crippen LogP contribution in [0.1, 0.15) is 36.3 Å². The summed E-state index contributed by atoms with van der Waals surface area (Å²) in [5.41, 5.74) is 4.91. The molecule has 5 rings (SSSR count). The summed E-state index contributed by atoms with van der Waals surface area (Å²) >= 11 is 0. The maximum atomic E-state index is 12.7. The highest BCUT2D eigenvalue weighted by Gasteiger charge is 2.46. The van der Waals surface area contributed by atoms with E-state index >= 15 is 0 Å². The molecule has 4 nitrogen and oxygen atoms in total. The van der Waals surface area contributed by atoms with Crippen LogP contribution in [0.2, 0.25) is 0 Å². The van der Waals surface area contributed by atoms with Crippen molar-refractivity contribution >= 4 is 6.09 Å². The molecule has 2 aromatic carbocycles. The SMILES string of the molecule is O=C(OCC1c2ccccc2-c2ccccc21)N1CC[C@H]2CC[C@@H](O)[C@H]21. The lowest BCUT2D eigenvalue weighted by Crippen LogP contribution is -2.42. The van der Waals surface area contributed by atoms with Crippen molar-refractivity contribution in [3.05, 3.63) is 59.7 Å². The zero-order valence-electron chi connectivity index (χ0n) is 14.7. The molecule has 2 aromatic rings. The summed E-state index contributed by atoms with van der Waals surface area (Å²) in [6.45, 7) is 1.04. The van der Waals surface area contributed by atoms with Gasteiger partial charge in [0.2, 0.25) is 0 Å². The average Bonchev–Trinajstić information content (AvgIpc) is 3.34. The van der Waals surface area contributed by atoms with Gasteiger partial charge in [0.25, 0.3) is 0 Å². The molecule has 134 valence electrons. The van der Waals surface area contributed by atoms with Gasteiger partial charge in [-0.2, -0.15) is 0 Å². The number of carbonyl (C=O) groups excluding carboxylic acids is 1. The Bertz CT molecular complexity index is 803. The van der Waals surface area contributed by atoms with Gasteiger partial charge in [0.1, 0.15) is 6.61 Å². The molecule has 0 unspecified atom stereocenters. The van der Waals surface area contributed by atoms with Crippen LogP contribution in [0.5, 0.6) is 0 Å². The van der Waals surface area contributed by atoms with E-state index in [9.17, 15) is 9.90 Å². The Morgan fingerprint density at radius 3 is 2.35 bits per heavy atom. The van der Waals surface area contributed by atoms with Crippen molar-refractivity contribution in [1.29, 1.82) is 0 Å². The first-order chi connectivity index (χ1) is 12.7. The van der Waals surface area contributed by atoms with Gasteiger partial charge in [-0.15, -0.1) is 0 Å². The highest BCUT2D eigenvalue weighted by atomic mass is 16.6. The van der Waals surface area contributed by atoms with Crippen LogP contribution in [-0.4, -0.2) is 41.4 Å². The molecule has 0 bridgehead atoms. The first kappa shape index (κ1) is 15.9. The number of aliphatic hydroxyl groups is 1. The summed E-state index contributed by atoms with van der Waals surface area (Å²) in [5, 5.41) is 10.2. The third kappa shape index (κ3) is 2.36. The Morgan fingerprint density at radius 2 is 1.65 bits per heavy atom. The van der Waals surface area contributed by atoms with Crippen molar-refractivity contribution < 1.29 is 14.6 Å². The van der Waals surface area contributed by atoms with Crippen LogP contribution < -0.4 is 0 Å². The van der Waals surface area contributed by atoms with Gasteiger partial charge in [0, 0.05) is 12.5 Å². The molecular weight excluding hydrogens is 326 g/mol. The number of hydrogen-bond donors (Lipinski definition) is 1. The molecule has 4 heteroatoms. The topological polar surface area (TPSA) is 49.8 Å². The van der Waals surface area contributed by atoms with E-state index in [4.69, 9.17) is 4.74 Å². The molecule has 0 aromatic heterocycles. The van der Waals surface area contributed by atoms with Crippen molar-refractivity contribution in [2.75, 3.05) is 13.2 Å². The number of benzene rings is 2. The van der Waals surface area contributed by atoms with Crippen molar-refractivity contribution in [1.82, 2.24) is 4.90 Å². The molecule has 1 aliphatic heterocycles. The van der Waals surface area contributed by atoms with Gasteiger partial charge in [-0.05, 0) is 47.4 Å². The Balaban J connectivity index is 1.35. The number of fused-ring (bicyclic) bond motifs is 4. The molecule has 3 aliphatic rings. The molecule has 1 saturated carbocycles. The molecule has 2 aliphatic carbocycles. The fraction of sp³-hybridized carbons (Fsp3) is 0.409. The van der Waals surface area contributed by atoms with E-state index in [1.54, 1.807) is 4.90 Å². The van der Waals surface area contributed by atoms with Gasteiger partial charge in [-0.25, -0.2) is 4.79 Å². The number of ether oxygens (including phenoxy) is 1. The van der Waals surface area contributed by atoms with E-state index in [0.29, 0.717) is 19.1 Å². The Kier molecular flexibility index (Phi) is 3.75. The van der Waals surface area contributed by atoms with Gasteiger partial charge in [0.15, 0.2) is 0 Å². The molecular formula is C22H23NO3. The molecule has 1 N–H and O–H groups in total. The van der Waals surface area contributed by atoms with Crippen molar-refractivity contribution in [2.45, 2.75) is 37.3 Å². The summed E-state index contributed by atoms with van der Waals surface area (Å²) in [6.07, 6.45) is 2.11. The minimum atomic E-state index is -0.400. The van der Waals surface area contributed by atoms with E-state index in [2.05, 4.69) is 36.4 Å². The smallest absolute Gasteiger partial charge is 0.410 e. The molecule has 0 radical (unpaired) electrons. The molecule has 26 heavy (non-hydrogen) atoms. The number of likely N-dealkylation sites (tertiary alicyclic amines) is 1. The molecule has 3 atom stereocenters. The first-order valence-electron chi connectivity index (χ1n) is 9.53. The van der Waals surface area contributed by atoms with Gasteiger partial charge in [-0.3, -0.25) is 0 Å². The highest BCUT2D eigenvalue weighted by Crippen LogP contribution is 2.45. The van der Waals surface area contributed by atoms with Crippen LogP contribution in [-0.2, 0) is 4.74 Å². The minimum absolute atomic E-state index is 0.0503. The molecule has 1 amide bonds. The molecule has 1 heterocycles. The monoisotopic (exact) mass is 349 g/mol. The maximum absolute atomic E-state index is 12.7. The summed E-state index contributed by atoms with van der Waals surface area (Å²) in [4.78, 5) is 14.5. The fourth-order valence-corrected chi connectivity index (χ4v) is 5.16. The first-order valence-corrected chi connectivity index (χ1v) is 9.53. The lowest BCUT2D eigenvalue weighted by Gasteiger charge is -2.26. The van der Waals surface area contributed by atoms with Gasteiger partial charge >= 0.3 is 6.09 Å².